The molecular formula is C15H20N4O2. The Balaban J connectivity index is 1.96. The van der Waals surface area contributed by atoms with Crippen LogP contribution >= 0.6 is 0 Å². The van der Waals surface area contributed by atoms with Gasteiger partial charge in [0, 0.05) is 18.1 Å². The molecule has 0 aliphatic heterocycles. The molecule has 3 N–H and O–H groups in total. The molecule has 0 radical (unpaired) electrons. The Hall–Kier alpha value is -2.34. The number of amides is 2. The summed E-state index contributed by atoms with van der Waals surface area (Å²) < 4.78 is 1.82. The summed E-state index contributed by atoms with van der Waals surface area (Å²) in [4.78, 5) is 11.8. The van der Waals surface area contributed by atoms with Crippen LogP contribution in [0.4, 0.5) is 10.5 Å². The first-order chi connectivity index (χ1) is 10.2. The zero-order valence-corrected chi connectivity index (χ0v) is 12.0. The minimum Gasteiger partial charge on any atom is -0.394 e. The van der Waals surface area contributed by atoms with E-state index in [0.717, 1.165) is 5.56 Å². The van der Waals surface area contributed by atoms with E-state index in [0.29, 0.717) is 18.7 Å². The van der Waals surface area contributed by atoms with Crippen molar-refractivity contribution in [2.24, 2.45) is 0 Å². The zero-order chi connectivity index (χ0) is 15.1. The fourth-order valence-corrected chi connectivity index (χ4v) is 1.96. The third kappa shape index (κ3) is 4.61. The number of nitrogens with zero attached hydrogens (tertiary/aromatic N) is 2. The molecule has 2 aromatic rings. The lowest BCUT2D eigenvalue weighted by Gasteiger charge is -2.15. The van der Waals surface area contributed by atoms with Crippen molar-refractivity contribution >= 4 is 11.7 Å². The summed E-state index contributed by atoms with van der Waals surface area (Å²) in [6.45, 7) is 2.49. The van der Waals surface area contributed by atoms with Gasteiger partial charge in [-0.25, -0.2) is 4.79 Å². The van der Waals surface area contributed by atoms with Crippen LogP contribution < -0.4 is 10.6 Å². The molecule has 0 aliphatic carbocycles. The first-order valence-corrected chi connectivity index (χ1v) is 6.96. The van der Waals surface area contributed by atoms with Crippen LogP contribution in [-0.4, -0.2) is 33.6 Å². The quantitative estimate of drug-likeness (QED) is 0.758. The van der Waals surface area contributed by atoms with Crippen molar-refractivity contribution in [1.29, 1.82) is 0 Å². The number of hydrogen-bond donors (Lipinski definition) is 3. The van der Waals surface area contributed by atoms with E-state index in [2.05, 4.69) is 15.7 Å². The Morgan fingerprint density at radius 2 is 2.29 bits per heavy atom. The number of anilines is 1. The second-order valence-corrected chi connectivity index (χ2v) is 4.79. The number of carbonyl (C=O) groups is 1. The largest absolute Gasteiger partial charge is 0.394 e. The molecular weight excluding hydrogens is 268 g/mol. The highest BCUT2D eigenvalue weighted by molar-refractivity contribution is 5.89. The molecule has 1 aromatic carbocycles. The van der Waals surface area contributed by atoms with E-state index in [9.17, 15) is 4.79 Å². The van der Waals surface area contributed by atoms with Crippen LogP contribution in [0.5, 0.6) is 0 Å². The monoisotopic (exact) mass is 288 g/mol. The van der Waals surface area contributed by atoms with Gasteiger partial charge in [0.15, 0.2) is 0 Å². The molecule has 2 amide bonds. The number of hydrogen-bond acceptors (Lipinski definition) is 3. The van der Waals surface area contributed by atoms with Crippen LogP contribution in [0.15, 0.2) is 42.7 Å². The van der Waals surface area contributed by atoms with Crippen molar-refractivity contribution in [3.63, 3.8) is 0 Å². The summed E-state index contributed by atoms with van der Waals surface area (Å²) in [6, 6.07) is 8.93. The molecule has 0 saturated heterocycles. The average Bonchev–Trinajstić information content (AvgIpc) is 2.98. The van der Waals surface area contributed by atoms with E-state index in [-0.39, 0.29) is 18.7 Å². The molecule has 6 heteroatoms. The van der Waals surface area contributed by atoms with E-state index in [4.69, 9.17) is 5.11 Å². The van der Waals surface area contributed by atoms with Crippen LogP contribution in [-0.2, 0) is 6.54 Å². The van der Waals surface area contributed by atoms with Gasteiger partial charge in [-0.15, -0.1) is 0 Å². The Kier molecular flexibility index (Phi) is 5.34. The maximum atomic E-state index is 11.8. The topological polar surface area (TPSA) is 79.2 Å². The molecule has 0 fully saturated rings. The third-order valence-electron chi connectivity index (χ3n) is 3.14. The molecule has 1 unspecified atom stereocenters. The van der Waals surface area contributed by atoms with Crippen LogP contribution in [0.3, 0.4) is 0 Å². The molecule has 0 aliphatic rings. The predicted octanol–water partition coefficient (Wildman–Crippen LogP) is 1.82. The number of carbonyl (C=O) groups excluding carboxylic acids is 1. The number of aromatic nitrogens is 2. The smallest absolute Gasteiger partial charge is 0.319 e. The van der Waals surface area contributed by atoms with Crippen LogP contribution in [0, 0.1) is 0 Å². The number of aliphatic hydroxyl groups is 1. The van der Waals surface area contributed by atoms with E-state index in [1.807, 2.05) is 48.1 Å². The standard InChI is InChI=1S/C15H20N4O2/c1-2-13(11-20)17-15(21)18-14-6-3-5-12(9-14)10-19-8-4-7-16-19/h3-9,13,20H,2,10-11H2,1H3,(H2,17,18,21). The summed E-state index contributed by atoms with van der Waals surface area (Å²) in [7, 11) is 0. The number of nitrogens with one attached hydrogen (secondary N) is 2. The lowest BCUT2D eigenvalue weighted by Crippen LogP contribution is -2.39. The van der Waals surface area contributed by atoms with Crippen LogP contribution in [0.2, 0.25) is 0 Å². The summed E-state index contributed by atoms with van der Waals surface area (Å²) in [5.74, 6) is 0. The van der Waals surface area contributed by atoms with Gasteiger partial charge < -0.3 is 15.7 Å². The molecule has 2 rings (SSSR count). The average molecular weight is 288 g/mol. The fourth-order valence-electron chi connectivity index (χ4n) is 1.96. The molecule has 1 heterocycles. The fraction of sp³-hybridized carbons (Fsp3) is 0.333. The highest BCUT2D eigenvalue weighted by atomic mass is 16.3. The van der Waals surface area contributed by atoms with Gasteiger partial charge in [-0.3, -0.25) is 4.68 Å². The van der Waals surface area contributed by atoms with Gasteiger partial charge >= 0.3 is 6.03 Å². The van der Waals surface area contributed by atoms with Crippen molar-refractivity contribution in [1.82, 2.24) is 15.1 Å². The van der Waals surface area contributed by atoms with Gasteiger partial charge in [-0.1, -0.05) is 19.1 Å². The molecule has 1 aromatic heterocycles. The molecule has 0 bridgehead atoms. The van der Waals surface area contributed by atoms with Gasteiger partial charge in [0.05, 0.1) is 19.2 Å². The zero-order valence-electron chi connectivity index (χ0n) is 12.0. The minimum atomic E-state index is -0.313. The highest BCUT2D eigenvalue weighted by Gasteiger charge is 2.09. The molecule has 0 spiro atoms. The van der Waals surface area contributed by atoms with Gasteiger partial charge in [0.1, 0.15) is 0 Å². The van der Waals surface area contributed by atoms with Gasteiger partial charge in [-0.05, 0) is 30.2 Å². The Labute approximate surface area is 123 Å². The van der Waals surface area contributed by atoms with Gasteiger partial charge in [0.25, 0.3) is 0 Å². The molecule has 112 valence electrons. The lowest BCUT2D eigenvalue weighted by atomic mass is 10.2. The van der Waals surface area contributed by atoms with Crippen molar-refractivity contribution < 1.29 is 9.90 Å². The molecule has 21 heavy (non-hydrogen) atoms. The summed E-state index contributed by atoms with van der Waals surface area (Å²) in [5, 5.41) is 18.7. The lowest BCUT2D eigenvalue weighted by molar-refractivity contribution is 0.222. The van der Waals surface area contributed by atoms with E-state index < -0.39 is 0 Å². The maximum absolute atomic E-state index is 11.8. The van der Waals surface area contributed by atoms with E-state index in [1.54, 1.807) is 6.20 Å². The third-order valence-corrected chi connectivity index (χ3v) is 3.14. The predicted molar refractivity (Wildman–Crippen MR) is 81.1 cm³/mol. The van der Waals surface area contributed by atoms with Gasteiger partial charge in [-0.2, -0.15) is 5.10 Å². The normalized spacial score (nSPS) is 11.9. The molecule has 0 saturated carbocycles. The Morgan fingerprint density at radius 3 is 2.95 bits per heavy atom. The van der Waals surface area contributed by atoms with Crippen molar-refractivity contribution in [2.45, 2.75) is 25.9 Å². The number of benzene rings is 1. The van der Waals surface area contributed by atoms with Crippen LogP contribution in [0.25, 0.3) is 0 Å². The first-order valence-electron chi connectivity index (χ1n) is 6.96. The van der Waals surface area contributed by atoms with E-state index >= 15 is 0 Å². The molecule has 6 nitrogen and oxygen atoms in total. The van der Waals surface area contributed by atoms with E-state index in [1.165, 1.54) is 0 Å². The summed E-state index contributed by atoms with van der Waals surface area (Å²) in [5.41, 5.74) is 1.76. The van der Waals surface area contributed by atoms with Crippen LogP contribution in [0.1, 0.15) is 18.9 Å². The van der Waals surface area contributed by atoms with Gasteiger partial charge in [0.2, 0.25) is 0 Å². The first kappa shape index (κ1) is 15.1. The maximum Gasteiger partial charge on any atom is 0.319 e. The summed E-state index contributed by atoms with van der Waals surface area (Å²) >= 11 is 0. The Morgan fingerprint density at radius 1 is 1.43 bits per heavy atom. The SMILES string of the molecule is CCC(CO)NC(=O)Nc1cccc(Cn2cccn2)c1. The van der Waals surface area contributed by atoms with Crippen molar-refractivity contribution in [2.75, 3.05) is 11.9 Å². The number of aliphatic hydroxyl groups excluding tert-OH is 1. The van der Waals surface area contributed by atoms with Crippen molar-refractivity contribution in [3.8, 4) is 0 Å². The molecule has 1 atom stereocenters. The second kappa shape index (κ2) is 7.44. The Bertz CT molecular complexity index is 565. The van der Waals surface area contributed by atoms with Crippen molar-refractivity contribution in [3.05, 3.63) is 48.3 Å². The second-order valence-electron chi connectivity index (χ2n) is 4.79. The number of rotatable bonds is 6. The highest BCUT2D eigenvalue weighted by Crippen LogP contribution is 2.11. The summed E-state index contributed by atoms with van der Waals surface area (Å²) in [6.07, 6.45) is 4.30. The number of urea groups is 1. The minimum absolute atomic E-state index is 0.0662.